The lowest BCUT2D eigenvalue weighted by atomic mass is 9.48. The average Bonchev–Trinajstić information content (AvgIpc) is 2.75. The Morgan fingerprint density at radius 2 is 1.56 bits per heavy atom. The SMILES string of the molecule is NC(=O)COc1ccc(-c2ccc(C=CC(=O)O)cc2)cc1C12CC3CC(CC(C3)C1)C2. The summed E-state index contributed by atoms with van der Waals surface area (Å²) in [6.07, 6.45) is 10.4. The predicted molar refractivity (Wildman–Crippen MR) is 123 cm³/mol. The summed E-state index contributed by atoms with van der Waals surface area (Å²) >= 11 is 0. The van der Waals surface area contributed by atoms with Gasteiger partial charge in [-0.25, -0.2) is 4.79 Å². The van der Waals surface area contributed by atoms with Gasteiger partial charge in [0.1, 0.15) is 5.75 Å². The number of ether oxygens (including phenoxy) is 1. The van der Waals surface area contributed by atoms with Crippen molar-refractivity contribution in [1.82, 2.24) is 0 Å². The van der Waals surface area contributed by atoms with Crippen LogP contribution in [0.2, 0.25) is 0 Å². The van der Waals surface area contributed by atoms with E-state index in [1.54, 1.807) is 6.08 Å². The van der Waals surface area contributed by atoms with Gasteiger partial charge in [0.25, 0.3) is 5.91 Å². The number of aliphatic carboxylic acids is 1. The molecule has 4 fully saturated rings. The van der Waals surface area contributed by atoms with E-state index in [4.69, 9.17) is 15.6 Å². The van der Waals surface area contributed by atoms with Crippen LogP contribution >= 0.6 is 0 Å². The number of benzene rings is 2. The summed E-state index contributed by atoms with van der Waals surface area (Å²) in [7, 11) is 0. The quantitative estimate of drug-likeness (QED) is 0.617. The zero-order chi connectivity index (χ0) is 22.3. The van der Waals surface area contributed by atoms with E-state index < -0.39 is 11.9 Å². The van der Waals surface area contributed by atoms with Gasteiger partial charge in [-0.1, -0.05) is 30.3 Å². The van der Waals surface area contributed by atoms with Gasteiger partial charge in [-0.3, -0.25) is 4.79 Å². The number of carbonyl (C=O) groups excluding carboxylic acids is 1. The van der Waals surface area contributed by atoms with Crippen LogP contribution in [0.1, 0.15) is 49.7 Å². The molecular formula is C27H29NO4. The van der Waals surface area contributed by atoms with Gasteiger partial charge in [0, 0.05) is 11.6 Å². The van der Waals surface area contributed by atoms with E-state index in [1.165, 1.54) is 44.1 Å². The molecule has 4 aliphatic carbocycles. The summed E-state index contributed by atoms with van der Waals surface area (Å²) in [6, 6.07) is 14.2. The second kappa shape index (κ2) is 8.12. The first-order valence-electron chi connectivity index (χ1n) is 11.5. The molecule has 0 unspecified atom stereocenters. The molecule has 0 atom stereocenters. The summed E-state index contributed by atoms with van der Waals surface area (Å²) in [4.78, 5) is 22.2. The first-order chi connectivity index (χ1) is 15.4. The fourth-order valence-electron chi connectivity index (χ4n) is 6.79. The largest absolute Gasteiger partial charge is 0.483 e. The molecule has 3 N–H and O–H groups in total. The van der Waals surface area contributed by atoms with Crippen molar-refractivity contribution >= 4 is 18.0 Å². The van der Waals surface area contributed by atoms with Crippen molar-refractivity contribution in [2.45, 2.75) is 43.9 Å². The summed E-state index contributed by atoms with van der Waals surface area (Å²) in [5.74, 6) is 1.77. The molecule has 5 nitrogen and oxygen atoms in total. The van der Waals surface area contributed by atoms with Crippen LogP contribution in [0.3, 0.4) is 0 Å². The Bertz CT molecular complexity index is 1030. The Morgan fingerprint density at radius 1 is 0.969 bits per heavy atom. The summed E-state index contributed by atoms with van der Waals surface area (Å²) in [6.45, 7) is -0.108. The fourth-order valence-corrected chi connectivity index (χ4v) is 6.79. The Morgan fingerprint density at radius 3 is 2.12 bits per heavy atom. The number of hydrogen-bond donors (Lipinski definition) is 2. The molecule has 0 aromatic heterocycles. The third kappa shape index (κ3) is 4.04. The zero-order valence-corrected chi connectivity index (χ0v) is 18.1. The van der Waals surface area contributed by atoms with Gasteiger partial charge in [-0.2, -0.15) is 0 Å². The monoisotopic (exact) mass is 431 g/mol. The van der Waals surface area contributed by atoms with Gasteiger partial charge >= 0.3 is 5.97 Å². The van der Waals surface area contributed by atoms with Crippen LogP contribution in [0, 0.1) is 17.8 Å². The zero-order valence-electron chi connectivity index (χ0n) is 18.1. The Kier molecular flexibility index (Phi) is 5.28. The highest BCUT2D eigenvalue weighted by Gasteiger charge is 2.52. The van der Waals surface area contributed by atoms with Crippen molar-refractivity contribution < 1.29 is 19.4 Å². The number of nitrogens with two attached hydrogens (primary N) is 1. The average molecular weight is 432 g/mol. The van der Waals surface area contributed by atoms with Crippen LogP contribution < -0.4 is 10.5 Å². The number of carboxylic acids is 1. The summed E-state index contributed by atoms with van der Waals surface area (Å²) in [5.41, 5.74) is 9.75. The van der Waals surface area contributed by atoms with Crippen LogP contribution in [-0.4, -0.2) is 23.6 Å². The van der Waals surface area contributed by atoms with Crippen LogP contribution in [0.4, 0.5) is 0 Å². The number of rotatable bonds is 7. The highest BCUT2D eigenvalue weighted by molar-refractivity contribution is 5.85. The maximum Gasteiger partial charge on any atom is 0.328 e. The second-order valence-corrected chi connectivity index (χ2v) is 9.96. The topological polar surface area (TPSA) is 89.6 Å². The minimum absolute atomic E-state index is 0.108. The Hall–Kier alpha value is -3.08. The van der Waals surface area contributed by atoms with Crippen LogP contribution in [-0.2, 0) is 15.0 Å². The molecule has 0 saturated heterocycles. The Labute approximate surface area is 188 Å². The van der Waals surface area contributed by atoms with E-state index in [2.05, 4.69) is 6.07 Å². The lowest BCUT2D eigenvalue weighted by Crippen LogP contribution is -2.48. The molecule has 4 bridgehead atoms. The van der Waals surface area contributed by atoms with E-state index in [0.29, 0.717) is 0 Å². The standard InChI is InChI=1S/C27H29NO4/c28-25(29)16-32-24-7-6-22(21-4-1-17(2-5-21)3-8-26(30)31)12-23(24)27-13-18-9-19(14-27)11-20(10-18)15-27/h1-8,12,18-20H,9-11,13-16H2,(H2,28,29)(H,30,31). The predicted octanol–water partition coefficient (Wildman–Crippen LogP) is 4.78. The van der Waals surface area contributed by atoms with E-state index in [9.17, 15) is 9.59 Å². The molecule has 32 heavy (non-hydrogen) atoms. The van der Waals surface area contributed by atoms with E-state index in [-0.39, 0.29) is 12.0 Å². The van der Waals surface area contributed by atoms with Crippen LogP contribution in [0.15, 0.2) is 48.5 Å². The molecule has 5 heteroatoms. The van der Waals surface area contributed by atoms with Crippen LogP contribution in [0.5, 0.6) is 5.75 Å². The summed E-state index contributed by atoms with van der Waals surface area (Å²) in [5, 5.41) is 8.83. The molecular weight excluding hydrogens is 402 g/mol. The maximum absolute atomic E-state index is 11.4. The van der Waals surface area contributed by atoms with E-state index in [1.807, 2.05) is 36.4 Å². The van der Waals surface area contributed by atoms with Crippen molar-refractivity contribution in [3.63, 3.8) is 0 Å². The van der Waals surface area contributed by atoms with Gasteiger partial charge in [-0.05, 0) is 96.6 Å². The van der Waals surface area contributed by atoms with Crippen molar-refractivity contribution in [2.24, 2.45) is 23.5 Å². The third-order valence-corrected chi connectivity index (χ3v) is 7.62. The van der Waals surface area contributed by atoms with Crippen molar-refractivity contribution in [3.05, 3.63) is 59.7 Å². The van der Waals surface area contributed by atoms with Gasteiger partial charge in [0.05, 0.1) is 0 Å². The van der Waals surface area contributed by atoms with Gasteiger partial charge in [0.15, 0.2) is 6.61 Å². The molecule has 0 aliphatic heterocycles. The molecule has 4 saturated carbocycles. The molecule has 2 aromatic carbocycles. The molecule has 1 amide bonds. The first-order valence-corrected chi connectivity index (χ1v) is 11.5. The molecule has 4 aliphatic rings. The molecule has 0 spiro atoms. The third-order valence-electron chi connectivity index (χ3n) is 7.62. The summed E-state index contributed by atoms with van der Waals surface area (Å²) < 4.78 is 5.91. The molecule has 6 rings (SSSR count). The van der Waals surface area contributed by atoms with Gasteiger partial charge in [-0.15, -0.1) is 0 Å². The maximum atomic E-state index is 11.4. The lowest BCUT2D eigenvalue weighted by molar-refractivity contribution is -0.131. The van der Waals surface area contributed by atoms with Crippen molar-refractivity contribution in [3.8, 4) is 16.9 Å². The normalized spacial score (nSPS) is 28.2. The van der Waals surface area contributed by atoms with E-state index in [0.717, 1.165) is 46.3 Å². The number of primary amides is 1. The minimum Gasteiger partial charge on any atom is -0.483 e. The van der Waals surface area contributed by atoms with Gasteiger partial charge in [0.2, 0.25) is 0 Å². The molecule has 2 aromatic rings. The molecule has 0 heterocycles. The number of hydrogen-bond acceptors (Lipinski definition) is 3. The number of carbonyl (C=O) groups is 2. The number of amides is 1. The smallest absolute Gasteiger partial charge is 0.328 e. The highest BCUT2D eigenvalue weighted by atomic mass is 16.5. The van der Waals surface area contributed by atoms with Gasteiger partial charge < -0.3 is 15.6 Å². The van der Waals surface area contributed by atoms with Crippen LogP contribution in [0.25, 0.3) is 17.2 Å². The first kappa shape index (κ1) is 20.8. The highest BCUT2D eigenvalue weighted by Crippen LogP contribution is 2.62. The van der Waals surface area contributed by atoms with E-state index >= 15 is 0 Å². The second-order valence-electron chi connectivity index (χ2n) is 9.96. The van der Waals surface area contributed by atoms with Crippen molar-refractivity contribution in [2.75, 3.05) is 6.61 Å². The molecule has 0 radical (unpaired) electrons. The number of carboxylic acid groups (broad SMARTS) is 1. The molecule has 166 valence electrons. The van der Waals surface area contributed by atoms with Crippen molar-refractivity contribution in [1.29, 1.82) is 0 Å². The minimum atomic E-state index is -0.958. The fraction of sp³-hybridized carbons (Fsp3) is 0.407. The Balaban J connectivity index is 1.51. The lowest BCUT2D eigenvalue weighted by Gasteiger charge is -2.57.